The van der Waals surface area contributed by atoms with Gasteiger partial charge in [0, 0.05) is 10.2 Å². The molecule has 0 aromatic carbocycles. The number of rotatable bonds is 2. The summed E-state index contributed by atoms with van der Waals surface area (Å²) in [5.74, 6) is 0.919. The summed E-state index contributed by atoms with van der Waals surface area (Å²) in [5.41, 5.74) is 1.54. The van der Waals surface area contributed by atoms with Crippen molar-refractivity contribution in [1.82, 2.24) is 0 Å². The molecular formula is C8H16Si. The van der Waals surface area contributed by atoms with Gasteiger partial charge in [-0.3, -0.25) is 0 Å². The molecule has 1 aliphatic carbocycles. The van der Waals surface area contributed by atoms with E-state index >= 15 is 0 Å². The van der Waals surface area contributed by atoms with Crippen LogP contribution in [0.5, 0.6) is 0 Å². The number of hydrogen-bond acceptors (Lipinski definition) is 0. The van der Waals surface area contributed by atoms with Gasteiger partial charge in [-0.2, -0.15) is 0 Å². The van der Waals surface area contributed by atoms with E-state index in [0.29, 0.717) is 0 Å². The predicted octanol–water partition coefficient (Wildman–Crippen LogP) is 1.52. The highest BCUT2D eigenvalue weighted by atomic mass is 28.1. The predicted molar refractivity (Wildman–Crippen MR) is 45.8 cm³/mol. The van der Waals surface area contributed by atoms with Crippen molar-refractivity contribution in [3.05, 3.63) is 12.2 Å². The van der Waals surface area contributed by atoms with Crippen molar-refractivity contribution >= 4 is 10.2 Å². The van der Waals surface area contributed by atoms with Crippen LogP contribution in [0.1, 0.15) is 25.7 Å². The van der Waals surface area contributed by atoms with E-state index in [-0.39, 0.29) is 0 Å². The van der Waals surface area contributed by atoms with E-state index in [4.69, 9.17) is 0 Å². The zero-order valence-corrected chi connectivity index (χ0v) is 8.32. The third kappa shape index (κ3) is 1.68. The second-order valence-electron chi connectivity index (χ2n) is 2.99. The Morgan fingerprint density at radius 3 is 2.44 bits per heavy atom. The Morgan fingerprint density at radius 1 is 1.44 bits per heavy atom. The first-order valence-corrected chi connectivity index (χ1v) is 5.43. The van der Waals surface area contributed by atoms with Crippen LogP contribution in [0.25, 0.3) is 0 Å². The van der Waals surface area contributed by atoms with Gasteiger partial charge in [0.2, 0.25) is 0 Å². The normalized spacial score (nSPS) is 20.9. The molecule has 1 rings (SSSR count). The van der Waals surface area contributed by atoms with Gasteiger partial charge in [-0.25, -0.2) is 0 Å². The molecule has 0 aliphatic heterocycles. The third-order valence-corrected chi connectivity index (χ3v) is 3.29. The molecule has 0 heterocycles. The fourth-order valence-corrected chi connectivity index (χ4v) is 2.20. The molecule has 0 bridgehead atoms. The van der Waals surface area contributed by atoms with Crippen molar-refractivity contribution in [2.24, 2.45) is 5.92 Å². The highest BCUT2D eigenvalue weighted by Crippen LogP contribution is 2.31. The molecule has 0 nitrogen and oxygen atoms in total. The Hall–Kier alpha value is -0.0431. The molecule has 1 aliphatic rings. The van der Waals surface area contributed by atoms with E-state index in [2.05, 4.69) is 6.58 Å². The minimum atomic E-state index is 0.919. The molecule has 1 saturated carbocycles. The Bertz CT molecular complexity index is 101. The Kier molecular flexibility index (Phi) is 2.52. The molecule has 0 amide bonds. The van der Waals surface area contributed by atoms with Crippen LogP contribution in [0.4, 0.5) is 0 Å². The molecule has 1 fully saturated rings. The smallest absolute Gasteiger partial charge is 0.00790 e. The maximum atomic E-state index is 4.09. The van der Waals surface area contributed by atoms with E-state index in [1.165, 1.54) is 42.0 Å². The fraction of sp³-hybridized carbons (Fsp3) is 0.750. The van der Waals surface area contributed by atoms with E-state index in [0.717, 1.165) is 5.92 Å². The molecule has 0 N–H and O–H groups in total. The summed E-state index contributed by atoms with van der Waals surface area (Å²) in [7, 11) is 1.31. The third-order valence-electron chi connectivity index (χ3n) is 2.39. The number of hydrogen-bond donors (Lipinski definition) is 0. The summed E-state index contributed by atoms with van der Waals surface area (Å²) in [6.45, 7) is 4.09. The lowest BCUT2D eigenvalue weighted by atomic mass is 10.0. The van der Waals surface area contributed by atoms with Crippen molar-refractivity contribution in [3.63, 3.8) is 0 Å². The standard InChI is InChI=1S/C8H16Si/c1-7(6-9)8-4-2-3-5-8/h8H,1-6H2,9H3. The van der Waals surface area contributed by atoms with Gasteiger partial charge in [0.15, 0.2) is 0 Å². The first-order valence-electron chi connectivity index (χ1n) is 4.02. The minimum Gasteiger partial charge on any atom is -0.0999 e. The quantitative estimate of drug-likeness (QED) is 0.403. The molecule has 0 aromatic heterocycles. The highest BCUT2D eigenvalue weighted by molar-refractivity contribution is 6.10. The molecule has 52 valence electrons. The Labute approximate surface area is 60.8 Å². The van der Waals surface area contributed by atoms with Crippen LogP contribution in [0.2, 0.25) is 6.04 Å². The summed E-state index contributed by atoms with van der Waals surface area (Å²) >= 11 is 0. The molecule has 0 radical (unpaired) electrons. The highest BCUT2D eigenvalue weighted by Gasteiger charge is 2.15. The first kappa shape index (κ1) is 7.07. The lowest BCUT2D eigenvalue weighted by Gasteiger charge is -2.09. The maximum absolute atomic E-state index is 4.09. The lowest BCUT2D eigenvalue weighted by Crippen LogP contribution is -1.95. The second-order valence-corrected chi connectivity index (χ2v) is 3.70. The molecule has 0 spiro atoms. The molecule has 0 aromatic rings. The van der Waals surface area contributed by atoms with Gasteiger partial charge in [-0.15, -0.1) is 0 Å². The van der Waals surface area contributed by atoms with Crippen LogP contribution in [-0.2, 0) is 0 Å². The summed E-state index contributed by atoms with van der Waals surface area (Å²) in [6, 6.07) is 1.32. The Morgan fingerprint density at radius 2 is 2.00 bits per heavy atom. The first-order chi connectivity index (χ1) is 4.34. The molecule has 1 heteroatoms. The van der Waals surface area contributed by atoms with Gasteiger partial charge in [-0.05, 0) is 24.8 Å². The van der Waals surface area contributed by atoms with Crippen LogP contribution in [0, 0.1) is 5.92 Å². The van der Waals surface area contributed by atoms with E-state index < -0.39 is 0 Å². The molecule has 0 unspecified atom stereocenters. The van der Waals surface area contributed by atoms with Crippen LogP contribution >= 0.6 is 0 Å². The second kappa shape index (κ2) is 3.21. The maximum Gasteiger partial charge on any atom is 0.00790 e. The largest absolute Gasteiger partial charge is 0.0999 e. The minimum absolute atomic E-state index is 0.919. The van der Waals surface area contributed by atoms with Gasteiger partial charge in [0.05, 0.1) is 0 Å². The van der Waals surface area contributed by atoms with Crippen molar-refractivity contribution in [2.75, 3.05) is 0 Å². The van der Waals surface area contributed by atoms with E-state index in [9.17, 15) is 0 Å². The van der Waals surface area contributed by atoms with Crippen LogP contribution in [0.3, 0.4) is 0 Å². The van der Waals surface area contributed by atoms with Crippen LogP contribution in [-0.4, -0.2) is 10.2 Å². The molecule has 9 heavy (non-hydrogen) atoms. The average molecular weight is 140 g/mol. The van der Waals surface area contributed by atoms with Crippen molar-refractivity contribution in [3.8, 4) is 0 Å². The fourth-order valence-electron chi connectivity index (χ4n) is 1.62. The van der Waals surface area contributed by atoms with Gasteiger partial charge < -0.3 is 0 Å². The summed E-state index contributed by atoms with van der Waals surface area (Å²) < 4.78 is 0. The zero-order valence-electron chi connectivity index (χ0n) is 6.32. The van der Waals surface area contributed by atoms with Crippen molar-refractivity contribution in [1.29, 1.82) is 0 Å². The average Bonchev–Trinajstić information content (AvgIpc) is 2.37. The SMILES string of the molecule is C=C(C[SiH3])C1CCCC1. The van der Waals surface area contributed by atoms with Gasteiger partial charge in [0.25, 0.3) is 0 Å². The van der Waals surface area contributed by atoms with E-state index in [1.807, 2.05) is 0 Å². The van der Waals surface area contributed by atoms with Gasteiger partial charge in [0.1, 0.15) is 0 Å². The molecule has 0 atom stereocenters. The number of allylic oxidation sites excluding steroid dienone is 1. The van der Waals surface area contributed by atoms with Crippen molar-refractivity contribution in [2.45, 2.75) is 31.7 Å². The van der Waals surface area contributed by atoms with Crippen LogP contribution in [0.15, 0.2) is 12.2 Å². The lowest BCUT2D eigenvalue weighted by molar-refractivity contribution is 0.645. The van der Waals surface area contributed by atoms with Gasteiger partial charge in [-0.1, -0.05) is 25.0 Å². The topological polar surface area (TPSA) is 0 Å². The zero-order chi connectivity index (χ0) is 6.69. The molecular weight excluding hydrogens is 124 g/mol. The molecule has 0 saturated heterocycles. The van der Waals surface area contributed by atoms with Gasteiger partial charge >= 0.3 is 0 Å². The summed E-state index contributed by atoms with van der Waals surface area (Å²) in [5, 5.41) is 0. The van der Waals surface area contributed by atoms with Crippen LogP contribution < -0.4 is 0 Å². The van der Waals surface area contributed by atoms with E-state index in [1.54, 1.807) is 5.57 Å². The Balaban J connectivity index is 2.32. The van der Waals surface area contributed by atoms with Crippen molar-refractivity contribution < 1.29 is 0 Å². The summed E-state index contributed by atoms with van der Waals surface area (Å²) in [4.78, 5) is 0. The summed E-state index contributed by atoms with van der Waals surface area (Å²) in [6.07, 6.45) is 5.76. The monoisotopic (exact) mass is 140 g/mol.